The lowest BCUT2D eigenvalue weighted by Crippen LogP contribution is -2.36. The van der Waals surface area contributed by atoms with Gasteiger partial charge in [0.05, 0.1) is 12.4 Å². The molecule has 1 aromatic carbocycles. The maximum absolute atomic E-state index is 12.6. The maximum Gasteiger partial charge on any atom is 0.180 e. The highest BCUT2D eigenvalue weighted by Gasteiger charge is 2.36. The molecule has 116 valence electrons. The molecule has 0 aliphatic heterocycles. The molecule has 0 saturated heterocycles. The molecule has 1 unspecified atom stereocenters. The summed E-state index contributed by atoms with van der Waals surface area (Å²) in [4.78, 5) is 12.4. The van der Waals surface area contributed by atoms with Gasteiger partial charge in [-0.1, -0.05) is 19.3 Å². The van der Waals surface area contributed by atoms with E-state index < -0.39 is 15.1 Å². The molecular weight excluding hydrogens is 288 g/mol. The summed E-state index contributed by atoms with van der Waals surface area (Å²) in [5, 5.41) is -1.34. The van der Waals surface area contributed by atoms with E-state index in [9.17, 15) is 13.2 Å². The third-order valence-corrected chi connectivity index (χ3v) is 6.85. The highest BCUT2D eigenvalue weighted by atomic mass is 32.2. The van der Waals surface area contributed by atoms with Crippen LogP contribution in [0.2, 0.25) is 0 Å². The van der Waals surface area contributed by atoms with Gasteiger partial charge in [0.25, 0.3) is 0 Å². The number of methoxy groups -OCH3 is 1. The first-order valence-electron chi connectivity index (χ1n) is 7.38. The van der Waals surface area contributed by atoms with Crippen LogP contribution in [0.1, 0.15) is 49.4 Å². The van der Waals surface area contributed by atoms with Crippen molar-refractivity contribution in [3.05, 3.63) is 29.8 Å². The molecule has 2 rings (SSSR count). The third kappa shape index (κ3) is 3.46. The van der Waals surface area contributed by atoms with E-state index in [1.54, 1.807) is 31.4 Å². The van der Waals surface area contributed by atoms with Crippen molar-refractivity contribution >= 4 is 15.6 Å². The van der Waals surface area contributed by atoms with Crippen molar-refractivity contribution in [3.63, 3.8) is 0 Å². The van der Waals surface area contributed by atoms with Gasteiger partial charge in [-0.3, -0.25) is 4.79 Å². The molecule has 0 bridgehead atoms. The number of hydrogen-bond donors (Lipinski definition) is 0. The van der Waals surface area contributed by atoms with Crippen LogP contribution in [0.4, 0.5) is 0 Å². The van der Waals surface area contributed by atoms with Gasteiger partial charge >= 0.3 is 0 Å². The minimum absolute atomic E-state index is 0.330. The van der Waals surface area contributed by atoms with E-state index in [1.165, 1.54) is 6.92 Å². The summed E-state index contributed by atoms with van der Waals surface area (Å²) in [6.45, 7) is 1.51. The fourth-order valence-electron chi connectivity index (χ4n) is 2.82. The Kier molecular flexibility index (Phi) is 5.04. The van der Waals surface area contributed by atoms with Gasteiger partial charge < -0.3 is 4.74 Å². The predicted octanol–water partition coefficient (Wildman–Crippen LogP) is 3.01. The third-order valence-electron chi connectivity index (χ3n) is 4.25. The molecule has 0 spiro atoms. The number of ketones is 1. The first-order chi connectivity index (χ1) is 9.96. The fourth-order valence-corrected chi connectivity index (χ4v) is 4.82. The number of carbonyl (C=O) groups excluding carboxylic acids is 1. The molecule has 0 amide bonds. The Morgan fingerprint density at radius 3 is 2.24 bits per heavy atom. The zero-order valence-corrected chi connectivity index (χ0v) is 13.4. The molecule has 0 radical (unpaired) electrons. The van der Waals surface area contributed by atoms with Crippen molar-refractivity contribution in [2.75, 3.05) is 7.11 Å². The van der Waals surface area contributed by atoms with Crippen LogP contribution in [-0.4, -0.2) is 31.8 Å². The Morgan fingerprint density at radius 1 is 1.14 bits per heavy atom. The monoisotopic (exact) mass is 310 g/mol. The zero-order chi connectivity index (χ0) is 15.5. The highest BCUT2D eigenvalue weighted by Crippen LogP contribution is 2.27. The summed E-state index contributed by atoms with van der Waals surface area (Å²) >= 11 is 0. The lowest BCUT2D eigenvalue weighted by atomic mass is 10.0. The first-order valence-corrected chi connectivity index (χ1v) is 8.98. The molecule has 0 N–H and O–H groups in total. The molecule has 4 nitrogen and oxygen atoms in total. The van der Waals surface area contributed by atoms with Gasteiger partial charge in [-0.05, 0) is 44.0 Å². The van der Waals surface area contributed by atoms with Gasteiger partial charge in [0, 0.05) is 5.56 Å². The molecule has 1 aliphatic rings. The SMILES string of the molecule is COc1ccc(C(=O)C(C)S(=O)(=O)C2CCCCC2)cc1. The summed E-state index contributed by atoms with van der Waals surface area (Å²) in [6, 6.07) is 6.59. The Balaban J connectivity index is 2.16. The molecule has 1 atom stereocenters. The van der Waals surface area contributed by atoms with Crippen LogP contribution in [0.3, 0.4) is 0 Å². The number of rotatable bonds is 5. The molecule has 1 aliphatic carbocycles. The van der Waals surface area contributed by atoms with Gasteiger partial charge in [0.1, 0.15) is 11.0 Å². The van der Waals surface area contributed by atoms with E-state index in [0.717, 1.165) is 19.3 Å². The highest BCUT2D eigenvalue weighted by molar-refractivity contribution is 7.93. The summed E-state index contributed by atoms with van der Waals surface area (Å²) in [6.07, 6.45) is 4.33. The molecule has 1 aromatic rings. The lowest BCUT2D eigenvalue weighted by Gasteiger charge is -2.24. The molecule has 1 saturated carbocycles. The van der Waals surface area contributed by atoms with Gasteiger partial charge in [-0.15, -0.1) is 0 Å². The fraction of sp³-hybridized carbons (Fsp3) is 0.562. The average molecular weight is 310 g/mol. The van der Waals surface area contributed by atoms with Crippen LogP contribution in [0.25, 0.3) is 0 Å². The lowest BCUT2D eigenvalue weighted by molar-refractivity contribution is 0.0991. The summed E-state index contributed by atoms with van der Waals surface area (Å²) in [5.41, 5.74) is 0.419. The number of ether oxygens (including phenoxy) is 1. The summed E-state index contributed by atoms with van der Waals surface area (Å²) in [7, 11) is -1.86. The normalized spacial score (nSPS) is 18.2. The van der Waals surface area contributed by atoms with E-state index in [1.807, 2.05) is 0 Å². The summed E-state index contributed by atoms with van der Waals surface area (Å²) in [5.74, 6) is 0.317. The molecule has 5 heteroatoms. The van der Waals surface area contributed by atoms with Crippen molar-refractivity contribution in [2.45, 2.75) is 49.5 Å². The Hall–Kier alpha value is -1.36. The number of carbonyl (C=O) groups is 1. The molecular formula is C16H22O4S. The van der Waals surface area contributed by atoms with Gasteiger partial charge in [-0.25, -0.2) is 8.42 Å². The Labute approximate surface area is 126 Å². The predicted molar refractivity (Wildman–Crippen MR) is 82.6 cm³/mol. The van der Waals surface area contributed by atoms with E-state index in [-0.39, 0.29) is 11.0 Å². The van der Waals surface area contributed by atoms with E-state index in [4.69, 9.17) is 4.74 Å². The summed E-state index contributed by atoms with van der Waals surface area (Å²) < 4.78 is 30.2. The second kappa shape index (κ2) is 6.60. The minimum atomic E-state index is -3.41. The topological polar surface area (TPSA) is 60.4 Å². The van der Waals surface area contributed by atoms with E-state index in [2.05, 4.69) is 0 Å². The number of benzene rings is 1. The minimum Gasteiger partial charge on any atom is -0.497 e. The van der Waals surface area contributed by atoms with Crippen LogP contribution in [0.15, 0.2) is 24.3 Å². The largest absolute Gasteiger partial charge is 0.497 e. The van der Waals surface area contributed by atoms with Crippen LogP contribution < -0.4 is 4.74 Å². The number of hydrogen-bond acceptors (Lipinski definition) is 4. The van der Waals surface area contributed by atoms with E-state index in [0.29, 0.717) is 24.2 Å². The quantitative estimate of drug-likeness (QED) is 0.784. The number of Topliss-reactive ketones (excluding diaryl/α,β-unsaturated/α-hetero) is 1. The van der Waals surface area contributed by atoms with Crippen molar-refractivity contribution in [2.24, 2.45) is 0 Å². The Bertz CT molecular complexity index is 583. The maximum atomic E-state index is 12.6. The van der Waals surface area contributed by atoms with Crippen LogP contribution >= 0.6 is 0 Å². The molecule has 0 aromatic heterocycles. The molecule has 21 heavy (non-hydrogen) atoms. The van der Waals surface area contributed by atoms with Crippen molar-refractivity contribution in [3.8, 4) is 5.75 Å². The van der Waals surface area contributed by atoms with Crippen LogP contribution in [-0.2, 0) is 9.84 Å². The van der Waals surface area contributed by atoms with Crippen molar-refractivity contribution in [1.82, 2.24) is 0 Å². The molecule has 0 heterocycles. The van der Waals surface area contributed by atoms with Crippen LogP contribution in [0, 0.1) is 0 Å². The van der Waals surface area contributed by atoms with Crippen molar-refractivity contribution in [1.29, 1.82) is 0 Å². The second-order valence-electron chi connectivity index (χ2n) is 5.58. The van der Waals surface area contributed by atoms with E-state index >= 15 is 0 Å². The first kappa shape index (κ1) is 16.0. The van der Waals surface area contributed by atoms with Gasteiger partial charge in [0.2, 0.25) is 0 Å². The van der Waals surface area contributed by atoms with Crippen molar-refractivity contribution < 1.29 is 17.9 Å². The smallest absolute Gasteiger partial charge is 0.180 e. The zero-order valence-electron chi connectivity index (χ0n) is 12.5. The van der Waals surface area contributed by atoms with Gasteiger partial charge in [-0.2, -0.15) is 0 Å². The molecule has 1 fully saturated rings. The van der Waals surface area contributed by atoms with Crippen LogP contribution in [0.5, 0.6) is 5.75 Å². The number of sulfone groups is 1. The van der Waals surface area contributed by atoms with Gasteiger partial charge in [0.15, 0.2) is 15.6 Å². The standard InChI is InChI=1S/C16H22O4S/c1-12(21(18,19)15-6-4-3-5-7-15)16(17)13-8-10-14(20-2)11-9-13/h8-12,15H,3-7H2,1-2H3. The second-order valence-corrected chi connectivity index (χ2v) is 8.14. The Morgan fingerprint density at radius 2 is 1.71 bits per heavy atom. The average Bonchev–Trinajstić information content (AvgIpc) is 2.54.